The van der Waals surface area contributed by atoms with Crippen molar-refractivity contribution in [1.29, 1.82) is 0 Å². The van der Waals surface area contributed by atoms with Crippen LogP contribution in [0.5, 0.6) is 0 Å². The molecule has 1 N–H and O–H groups in total. The molecule has 0 radical (unpaired) electrons. The van der Waals surface area contributed by atoms with Crippen LogP contribution in [0.25, 0.3) is 0 Å². The molecule has 21 heavy (non-hydrogen) atoms. The maximum atomic E-state index is 4.64. The van der Waals surface area contributed by atoms with Crippen LogP contribution in [0.2, 0.25) is 0 Å². The van der Waals surface area contributed by atoms with Crippen molar-refractivity contribution < 1.29 is 0 Å². The maximum absolute atomic E-state index is 4.64. The molecule has 0 spiro atoms. The first kappa shape index (κ1) is 15.9. The van der Waals surface area contributed by atoms with E-state index in [0.29, 0.717) is 6.04 Å². The largest absolute Gasteiger partial charge is 0.369 e. The zero-order valence-corrected chi connectivity index (χ0v) is 13.5. The first-order valence-electron chi connectivity index (χ1n) is 8.05. The number of hydrogen-bond acceptors (Lipinski definition) is 6. The van der Waals surface area contributed by atoms with E-state index in [9.17, 15) is 0 Å². The summed E-state index contributed by atoms with van der Waals surface area (Å²) in [6.45, 7) is 5.26. The summed E-state index contributed by atoms with van der Waals surface area (Å²) in [6.07, 6.45) is 7.72. The van der Waals surface area contributed by atoms with Crippen molar-refractivity contribution in [3.8, 4) is 0 Å². The van der Waals surface area contributed by atoms with Gasteiger partial charge >= 0.3 is 0 Å². The summed E-state index contributed by atoms with van der Waals surface area (Å²) in [5.41, 5.74) is 0. The van der Waals surface area contributed by atoms with Gasteiger partial charge in [0.15, 0.2) is 5.82 Å². The van der Waals surface area contributed by atoms with Crippen LogP contribution < -0.4 is 10.2 Å². The maximum Gasteiger partial charge on any atom is 0.247 e. The van der Waals surface area contributed by atoms with Gasteiger partial charge in [-0.05, 0) is 52.7 Å². The Labute approximate surface area is 128 Å². The fraction of sp³-hybridized carbons (Fsp3) is 0.800. The van der Waals surface area contributed by atoms with Crippen LogP contribution >= 0.6 is 0 Å². The molecule has 1 saturated heterocycles. The highest BCUT2D eigenvalue weighted by Gasteiger charge is 2.23. The van der Waals surface area contributed by atoms with E-state index >= 15 is 0 Å². The van der Waals surface area contributed by atoms with Crippen molar-refractivity contribution in [3.05, 3.63) is 6.20 Å². The lowest BCUT2D eigenvalue weighted by Crippen LogP contribution is -2.40. The van der Waals surface area contributed by atoms with E-state index in [0.717, 1.165) is 44.2 Å². The molecule has 0 bridgehead atoms. The molecule has 1 fully saturated rings. The second-order valence-electron chi connectivity index (χ2n) is 5.98. The van der Waals surface area contributed by atoms with Crippen LogP contribution in [0, 0.1) is 0 Å². The Morgan fingerprint density at radius 2 is 2.24 bits per heavy atom. The van der Waals surface area contributed by atoms with E-state index in [-0.39, 0.29) is 0 Å². The lowest BCUT2D eigenvalue weighted by molar-refractivity contribution is 0.405. The summed E-state index contributed by atoms with van der Waals surface area (Å²) in [4.78, 5) is 9.15. The lowest BCUT2D eigenvalue weighted by Gasteiger charge is -2.34. The molecule has 2 rings (SSSR count). The third-order valence-electron chi connectivity index (χ3n) is 3.99. The molecule has 1 aromatic heterocycles. The molecule has 0 aliphatic carbocycles. The zero-order chi connectivity index (χ0) is 15.1. The van der Waals surface area contributed by atoms with Gasteiger partial charge in [0.2, 0.25) is 5.95 Å². The monoisotopic (exact) mass is 292 g/mol. The summed E-state index contributed by atoms with van der Waals surface area (Å²) in [5.74, 6) is 1.61. The molecule has 6 heteroatoms. The van der Waals surface area contributed by atoms with Gasteiger partial charge in [0.1, 0.15) is 0 Å². The standard InChI is InChI=1S/C15H28N6/c1-4-13-8-5-6-11-21(13)15-18-14(12-17-19-15)16-9-7-10-20(2)3/h12-13H,4-11H2,1-3H3,(H,16,18,19). The van der Waals surface area contributed by atoms with Crippen molar-refractivity contribution in [2.45, 2.75) is 45.1 Å². The van der Waals surface area contributed by atoms with E-state index in [1.54, 1.807) is 6.20 Å². The molecule has 1 aliphatic rings. The van der Waals surface area contributed by atoms with Gasteiger partial charge in [-0.1, -0.05) is 6.92 Å². The molecule has 1 aliphatic heterocycles. The van der Waals surface area contributed by atoms with Crippen LogP contribution in [0.3, 0.4) is 0 Å². The zero-order valence-electron chi connectivity index (χ0n) is 13.5. The molecule has 118 valence electrons. The van der Waals surface area contributed by atoms with Crippen molar-refractivity contribution in [1.82, 2.24) is 20.1 Å². The number of nitrogens with one attached hydrogen (secondary N) is 1. The Morgan fingerprint density at radius 3 is 3.00 bits per heavy atom. The Hall–Kier alpha value is -1.43. The van der Waals surface area contributed by atoms with Gasteiger partial charge in [0.25, 0.3) is 0 Å². The van der Waals surface area contributed by atoms with Gasteiger partial charge in [-0.3, -0.25) is 0 Å². The third kappa shape index (κ3) is 4.81. The molecule has 0 saturated carbocycles. The number of hydrogen-bond donors (Lipinski definition) is 1. The number of piperidine rings is 1. The minimum absolute atomic E-state index is 0.560. The molecule has 6 nitrogen and oxygen atoms in total. The average molecular weight is 292 g/mol. The third-order valence-corrected chi connectivity index (χ3v) is 3.99. The highest BCUT2D eigenvalue weighted by Crippen LogP contribution is 2.23. The molecule has 0 aromatic carbocycles. The summed E-state index contributed by atoms with van der Waals surface area (Å²) in [7, 11) is 4.18. The Kier molecular flexibility index (Phi) is 6.17. The Morgan fingerprint density at radius 1 is 1.38 bits per heavy atom. The predicted octanol–water partition coefficient (Wildman–Crippen LogP) is 2.00. The fourth-order valence-corrected chi connectivity index (χ4v) is 2.80. The van der Waals surface area contributed by atoms with Gasteiger partial charge in [-0.2, -0.15) is 10.1 Å². The number of nitrogens with zero attached hydrogens (tertiary/aromatic N) is 5. The lowest BCUT2D eigenvalue weighted by atomic mass is 10.0. The normalized spacial score (nSPS) is 19.0. The highest BCUT2D eigenvalue weighted by atomic mass is 15.3. The number of anilines is 2. The van der Waals surface area contributed by atoms with Gasteiger partial charge < -0.3 is 15.1 Å². The minimum atomic E-state index is 0.560. The first-order valence-corrected chi connectivity index (χ1v) is 8.05. The molecular formula is C15H28N6. The summed E-state index contributed by atoms with van der Waals surface area (Å²) in [5, 5.41) is 11.7. The summed E-state index contributed by atoms with van der Waals surface area (Å²) < 4.78 is 0. The Balaban J connectivity index is 1.93. The molecule has 0 amide bonds. The van der Waals surface area contributed by atoms with Crippen LogP contribution in [0.15, 0.2) is 6.20 Å². The minimum Gasteiger partial charge on any atom is -0.369 e. The second-order valence-corrected chi connectivity index (χ2v) is 5.98. The molecule has 1 unspecified atom stereocenters. The number of aromatic nitrogens is 3. The van der Waals surface area contributed by atoms with Crippen LogP contribution in [-0.2, 0) is 0 Å². The second kappa shape index (κ2) is 8.12. The van der Waals surface area contributed by atoms with Crippen molar-refractivity contribution in [2.24, 2.45) is 0 Å². The van der Waals surface area contributed by atoms with E-state index < -0.39 is 0 Å². The van der Waals surface area contributed by atoms with Gasteiger partial charge in [0.05, 0.1) is 6.20 Å². The summed E-state index contributed by atoms with van der Waals surface area (Å²) in [6, 6.07) is 0.560. The highest BCUT2D eigenvalue weighted by molar-refractivity contribution is 5.40. The first-order chi connectivity index (χ1) is 10.2. The van der Waals surface area contributed by atoms with Crippen LogP contribution in [0.1, 0.15) is 39.0 Å². The molecule has 1 atom stereocenters. The fourth-order valence-electron chi connectivity index (χ4n) is 2.80. The van der Waals surface area contributed by atoms with Gasteiger partial charge in [-0.15, -0.1) is 5.10 Å². The molecular weight excluding hydrogens is 264 g/mol. The van der Waals surface area contributed by atoms with E-state index in [4.69, 9.17) is 0 Å². The topological polar surface area (TPSA) is 57.2 Å². The SMILES string of the molecule is CCC1CCCCN1c1nncc(NCCCN(C)C)n1. The quantitative estimate of drug-likeness (QED) is 0.776. The molecule has 1 aromatic rings. The average Bonchev–Trinajstić information content (AvgIpc) is 2.51. The smallest absolute Gasteiger partial charge is 0.247 e. The van der Waals surface area contributed by atoms with Crippen molar-refractivity contribution in [2.75, 3.05) is 43.9 Å². The predicted molar refractivity (Wildman–Crippen MR) is 86.8 cm³/mol. The van der Waals surface area contributed by atoms with E-state index in [1.807, 2.05) is 0 Å². The Bertz CT molecular complexity index is 422. The van der Waals surface area contributed by atoms with Crippen LogP contribution in [-0.4, -0.2) is 59.9 Å². The molecule has 2 heterocycles. The van der Waals surface area contributed by atoms with Gasteiger partial charge in [-0.25, -0.2) is 0 Å². The van der Waals surface area contributed by atoms with Gasteiger partial charge in [0, 0.05) is 19.1 Å². The van der Waals surface area contributed by atoms with Crippen molar-refractivity contribution >= 4 is 11.8 Å². The number of rotatable bonds is 7. The van der Waals surface area contributed by atoms with Crippen LogP contribution in [0.4, 0.5) is 11.8 Å². The van der Waals surface area contributed by atoms with Crippen molar-refractivity contribution in [3.63, 3.8) is 0 Å². The summed E-state index contributed by atoms with van der Waals surface area (Å²) >= 11 is 0. The van der Waals surface area contributed by atoms with E-state index in [2.05, 4.69) is 51.3 Å². The van der Waals surface area contributed by atoms with E-state index in [1.165, 1.54) is 19.3 Å².